The van der Waals surface area contributed by atoms with Gasteiger partial charge < -0.3 is 15.4 Å². The zero-order chi connectivity index (χ0) is 16.2. The lowest BCUT2D eigenvalue weighted by Crippen LogP contribution is -2.15. The second-order valence-corrected chi connectivity index (χ2v) is 5.85. The maximum absolute atomic E-state index is 12.3. The third-order valence-corrected chi connectivity index (χ3v) is 3.31. The minimum Gasteiger partial charge on any atom is -0.491 e. The zero-order valence-corrected chi connectivity index (χ0v) is 13.2. The summed E-state index contributed by atoms with van der Waals surface area (Å²) in [5.74, 6) is 1.20. The van der Waals surface area contributed by atoms with E-state index in [1.807, 2.05) is 26.0 Å². The highest BCUT2D eigenvalue weighted by molar-refractivity contribution is 6.03. The van der Waals surface area contributed by atoms with Crippen LogP contribution < -0.4 is 15.4 Å². The van der Waals surface area contributed by atoms with Crippen molar-refractivity contribution in [2.45, 2.75) is 38.8 Å². The van der Waals surface area contributed by atoms with Crippen molar-refractivity contribution < 1.29 is 9.53 Å². The van der Waals surface area contributed by atoms with E-state index >= 15 is 0 Å². The number of amides is 1. The second-order valence-electron chi connectivity index (χ2n) is 5.85. The minimum atomic E-state index is -0.260. The van der Waals surface area contributed by atoms with E-state index in [0.717, 1.165) is 18.6 Å². The van der Waals surface area contributed by atoms with E-state index < -0.39 is 0 Å². The summed E-state index contributed by atoms with van der Waals surface area (Å²) in [6.07, 6.45) is 3.82. The molecule has 2 N–H and O–H groups in total. The normalized spacial score (nSPS) is 13.7. The van der Waals surface area contributed by atoms with E-state index in [0.29, 0.717) is 23.2 Å². The monoisotopic (exact) mass is 312 g/mol. The third kappa shape index (κ3) is 4.42. The summed E-state index contributed by atoms with van der Waals surface area (Å²) in [6, 6.07) is 9.42. The Balaban J connectivity index is 1.63. The number of rotatable bonds is 6. The maximum Gasteiger partial charge on any atom is 0.274 e. The maximum atomic E-state index is 12.3. The molecule has 23 heavy (non-hydrogen) atoms. The Morgan fingerprint density at radius 1 is 1.22 bits per heavy atom. The van der Waals surface area contributed by atoms with Crippen LogP contribution in [0.3, 0.4) is 0 Å². The van der Waals surface area contributed by atoms with Gasteiger partial charge in [-0.15, -0.1) is 0 Å². The Morgan fingerprint density at radius 3 is 2.61 bits per heavy atom. The summed E-state index contributed by atoms with van der Waals surface area (Å²) < 4.78 is 5.58. The zero-order valence-electron chi connectivity index (χ0n) is 13.2. The predicted octanol–water partition coefficient (Wildman–Crippen LogP) is 3.09. The van der Waals surface area contributed by atoms with Gasteiger partial charge in [0.05, 0.1) is 6.10 Å². The average molecular weight is 312 g/mol. The van der Waals surface area contributed by atoms with Crippen molar-refractivity contribution in [2.24, 2.45) is 0 Å². The molecule has 2 aromatic rings. The molecule has 1 aliphatic rings. The number of nitrogens with zero attached hydrogens (tertiary/aromatic N) is 2. The van der Waals surface area contributed by atoms with Crippen LogP contribution in [0.15, 0.2) is 36.7 Å². The molecule has 1 aliphatic carbocycles. The SMILES string of the molecule is CC(C)Oc1ccc(NC(=O)c2cc(NC3CC3)ncn2)cc1. The van der Waals surface area contributed by atoms with Crippen molar-refractivity contribution in [3.63, 3.8) is 0 Å². The van der Waals surface area contributed by atoms with E-state index in [1.54, 1.807) is 18.2 Å². The van der Waals surface area contributed by atoms with E-state index in [2.05, 4.69) is 20.6 Å². The first-order valence-corrected chi connectivity index (χ1v) is 7.77. The van der Waals surface area contributed by atoms with Crippen LogP contribution in [0.5, 0.6) is 5.75 Å². The van der Waals surface area contributed by atoms with Gasteiger partial charge in [-0.2, -0.15) is 0 Å². The van der Waals surface area contributed by atoms with Crippen LogP contribution in [-0.4, -0.2) is 28.0 Å². The molecule has 1 amide bonds. The first-order valence-electron chi connectivity index (χ1n) is 7.77. The van der Waals surface area contributed by atoms with E-state index in [1.165, 1.54) is 6.33 Å². The van der Waals surface area contributed by atoms with E-state index in [-0.39, 0.29) is 12.0 Å². The average Bonchev–Trinajstić information content (AvgIpc) is 3.33. The fourth-order valence-electron chi connectivity index (χ4n) is 2.08. The molecule has 1 fully saturated rings. The molecule has 0 saturated heterocycles. The molecular weight excluding hydrogens is 292 g/mol. The van der Waals surface area contributed by atoms with Crippen LogP contribution in [0.1, 0.15) is 37.2 Å². The van der Waals surface area contributed by atoms with Gasteiger partial charge in [0.2, 0.25) is 0 Å². The van der Waals surface area contributed by atoms with Crippen LogP contribution in [0.2, 0.25) is 0 Å². The predicted molar refractivity (Wildman–Crippen MR) is 88.8 cm³/mol. The number of nitrogens with one attached hydrogen (secondary N) is 2. The van der Waals surface area contributed by atoms with Gasteiger partial charge in [0, 0.05) is 17.8 Å². The van der Waals surface area contributed by atoms with Crippen LogP contribution in [0.25, 0.3) is 0 Å². The van der Waals surface area contributed by atoms with Gasteiger partial charge in [0.1, 0.15) is 23.6 Å². The topological polar surface area (TPSA) is 76.1 Å². The highest BCUT2D eigenvalue weighted by Crippen LogP contribution is 2.23. The first-order chi connectivity index (χ1) is 11.1. The fraction of sp³-hybridized carbons (Fsp3) is 0.353. The van der Waals surface area contributed by atoms with Gasteiger partial charge in [-0.3, -0.25) is 4.79 Å². The summed E-state index contributed by atoms with van der Waals surface area (Å²) in [6.45, 7) is 3.94. The molecule has 6 nitrogen and oxygen atoms in total. The molecule has 3 rings (SSSR count). The van der Waals surface area contributed by atoms with Gasteiger partial charge >= 0.3 is 0 Å². The van der Waals surface area contributed by atoms with Gasteiger partial charge in [-0.05, 0) is 51.0 Å². The Kier molecular flexibility index (Phi) is 4.41. The molecule has 1 aromatic heterocycles. The smallest absolute Gasteiger partial charge is 0.274 e. The first kappa shape index (κ1) is 15.3. The number of ether oxygens (including phenoxy) is 1. The van der Waals surface area contributed by atoms with Crippen LogP contribution >= 0.6 is 0 Å². The number of hydrogen-bond acceptors (Lipinski definition) is 5. The number of anilines is 2. The standard InChI is InChI=1S/C17H20N4O2/c1-11(2)23-14-7-5-13(6-8-14)21-17(22)15-9-16(19-10-18-15)20-12-3-4-12/h5-12H,3-4H2,1-2H3,(H,21,22)(H,18,19,20). The number of aromatic nitrogens is 2. The number of carbonyl (C=O) groups excluding carboxylic acids is 1. The lowest BCUT2D eigenvalue weighted by molar-refractivity contribution is 0.102. The highest BCUT2D eigenvalue weighted by Gasteiger charge is 2.21. The van der Waals surface area contributed by atoms with Crippen molar-refractivity contribution in [3.05, 3.63) is 42.4 Å². The van der Waals surface area contributed by atoms with Gasteiger partial charge in [-0.25, -0.2) is 9.97 Å². The number of benzene rings is 1. The number of carbonyl (C=O) groups is 1. The Labute approximate surface area is 135 Å². The molecule has 6 heteroatoms. The molecule has 0 spiro atoms. The van der Waals surface area contributed by atoms with Crippen molar-refractivity contribution >= 4 is 17.4 Å². The van der Waals surface area contributed by atoms with Gasteiger partial charge in [0.25, 0.3) is 5.91 Å². The molecule has 0 aliphatic heterocycles. The molecule has 1 aromatic carbocycles. The molecule has 0 atom stereocenters. The Bertz CT molecular complexity index is 681. The summed E-state index contributed by atoms with van der Waals surface area (Å²) >= 11 is 0. The van der Waals surface area contributed by atoms with E-state index in [4.69, 9.17) is 4.74 Å². The Morgan fingerprint density at radius 2 is 1.96 bits per heavy atom. The molecule has 1 saturated carbocycles. The summed E-state index contributed by atoms with van der Waals surface area (Å²) in [5.41, 5.74) is 1.03. The van der Waals surface area contributed by atoms with Crippen molar-refractivity contribution in [1.82, 2.24) is 9.97 Å². The second kappa shape index (κ2) is 6.64. The van der Waals surface area contributed by atoms with Crippen LogP contribution in [0, 0.1) is 0 Å². The lowest BCUT2D eigenvalue weighted by Gasteiger charge is -2.10. The highest BCUT2D eigenvalue weighted by atomic mass is 16.5. The van der Waals surface area contributed by atoms with Crippen LogP contribution in [0.4, 0.5) is 11.5 Å². The molecule has 1 heterocycles. The van der Waals surface area contributed by atoms with Crippen molar-refractivity contribution in [3.8, 4) is 5.75 Å². The van der Waals surface area contributed by atoms with E-state index in [9.17, 15) is 4.79 Å². The third-order valence-electron chi connectivity index (χ3n) is 3.31. The molecular formula is C17H20N4O2. The van der Waals surface area contributed by atoms with Crippen molar-refractivity contribution in [2.75, 3.05) is 10.6 Å². The number of hydrogen-bond donors (Lipinski definition) is 2. The lowest BCUT2D eigenvalue weighted by atomic mass is 10.2. The van der Waals surface area contributed by atoms with Crippen LogP contribution in [-0.2, 0) is 0 Å². The summed E-state index contributed by atoms with van der Waals surface area (Å²) in [5, 5.41) is 6.08. The summed E-state index contributed by atoms with van der Waals surface area (Å²) in [7, 11) is 0. The molecule has 0 bridgehead atoms. The quantitative estimate of drug-likeness (QED) is 0.857. The molecule has 0 unspecified atom stereocenters. The van der Waals surface area contributed by atoms with Gasteiger partial charge in [-0.1, -0.05) is 0 Å². The summed E-state index contributed by atoms with van der Waals surface area (Å²) in [4.78, 5) is 20.4. The fourth-order valence-corrected chi connectivity index (χ4v) is 2.08. The van der Waals surface area contributed by atoms with Crippen molar-refractivity contribution in [1.29, 1.82) is 0 Å². The largest absolute Gasteiger partial charge is 0.491 e. The van der Waals surface area contributed by atoms with Gasteiger partial charge in [0.15, 0.2) is 0 Å². The Hall–Kier alpha value is -2.63. The molecule has 0 radical (unpaired) electrons. The minimum absolute atomic E-state index is 0.119. The molecule has 120 valence electrons.